The van der Waals surface area contributed by atoms with E-state index in [4.69, 9.17) is 10.5 Å². The minimum absolute atomic E-state index is 0.0488. The molecule has 0 radical (unpaired) electrons. The molecule has 1 amide bonds. The summed E-state index contributed by atoms with van der Waals surface area (Å²) in [6.45, 7) is 2.37. The molecule has 0 aromatic heterocycles. The summed E-state index contributed by atoms with van der Waals surface area (Å²) in [5.41, 5.74) is 6.56. The third kappa shape index (κ3) is 3.57. The number of likely N-dealkylation sites (N-methyl/N-ethyl adjacent to an activating group) is 1. The summed E-state index contributed by atoms with van der Waals surface area (Å²) in [5, 5.41) is 3.32. The normalized spacial score (nSPS) is 28.4. The van der Waals surface area contributed by atoms with E-state index in [0.717, 1.165) is 12.2 Å². The van der Waals surface area contributed by atoms with E-state index in [1.165, 1.54) is 37.7 Å². The molecule has 0 spiro atoms. The van der Waals surface area contributed by atoms with Crippen LogP contribution < -0.4 is 15.8 Å². The van der Waals surface area contributed by atoms with Crippen LogP contribution in [-0.2, 0) is 4.79 Å². The molecule has 1 aliphatic carbocycles. The lowest BCUT2D eigenvalue weighted by atomic mass is 9.79. The Bertz CT molecular complexity index is 568. The van der Waals surface area contributed by atoms with Crippen LogP contribution in [0.3, 0.4) is 0 Å². The number of aryl methyl sites for hydroxylation is 1. The Morgan fingerprint density at radius 3 is 2.50 bits per heavy atom. The van der Waals surface area contributed by atoms with Crippen LogP contribution in [0.1, 0.15) is 44.1 Å². The highest BCUT2D eigenvalue weighted by atomic mass is 16.5. The molecule has 2 unspecified atom stereocenters. The minimum atomic E-state index is -0.707. The Labute approximate surface area is 144 Å². The van der Waals surface area contributed by atoms with Gasteiger partial charge < -0.3 is 9.64 Å². The third-order valence-corrected chi connectivity index (χ3v) is 5.44. The second-order valence-electron chi connectivity index (χ2n) is 7.40. The lowest BCUT2D eigenvalue weighted by Crippen LogP contribution is -2.54. The number of benzene rings is 1. The number of carbonyl (C=O) groups excluding carboxylic acids is 1. The standard InChI is InChI=1S/C19H29N3O2/c1-14-8-10-16(11-9-14)24-13-19(12-15-6-4-3-5-7-15)17(23)22(2)18(20)21-19/h8-11,15,18,21H,3-7,12-13,20H2,1-2H3. The fraction of sp³-hybridized carbons (Fsp3) is 0.632. The van der Waals surface area contributed by atoms with Crippen LogP contribution in [0.2, 0.25) is 0 Å². The molecule has 2 atom stereocenters. The molecule has 3 N–H and O–H groups in total. The zero-order chi connectivity index (χ0) is 17.2. The SMILES string of the molecule is Cc1ccc(OCC2(CC3CCCCC3)NC(N)N(C)C2=O)cc1. The van der Waals surface area contributed by atoms with Gasteiger partial charge in [0, 0.05) is 7.05 Å². The van der Waals surface area contributed by atoms with E-state index < -0.39 is 11.8 Å². The van der Waals surface area contributed by atoms with E-state index in [9.17, 15) is 4.79 Å². The van der Waals surface area contributed by atoms with Gasteiger partial charge in [-0.15, -0.1) is 0 Å². The first-order valence-corrected chi connectivity index (χ1v) is 9.00. The molecule has 2 aliphatic rings. The Morgan fingerprint density at radius 1 is 1.25 bits per heavy atom. The number of hydrogen-bond acceptors (Lipinski definition) is 4. The van der Waals surface area contributed by atoms with Gasteiger partial charge in [-0.25, -0.2) is 0 Å². The van der Waals surface area contributed by atoms with Gasteiger partial charge in [-0.05, 0) is 31.4 Å². The third-order valence-electron chi connectivity index (χ3n) is 5.44. The van der Waals surface area contributed by atoms with Crippen molar-refractivity contribution in [1.82, 2.24) is 10.2 Å². The predicted molar refractivity (Wildman–Crippen MR) is 94.5 cm³/mol. The second kappa shape index (κ2) is 7.11. The first-order valence-electron chi connectivity index (χ1n) is 9.00. The summed E-state index contributed by atoms with van der Waals surface area (Å²) in [6.07, 6.45) is 6.58. The average Bonchev–Trinajstić information content (AvgIpc) is 2.80. The summed E-state index contributed by atoms with van der Waals surface area (Å²) in [5.74, 6) is 1.41. The van der Waals surface area contributed by atoms with E-state index in [-0.39, 0.29) is 5.91 Å². The summed E-state index contributed by atoms with van der Waals surface area (Å²) < 4.78 is 5.99. The highest BCUT2D eigenvalue weighted by Crippen LogP contribution is 2.34. The summed E-state index contributed by atoms with van der Waals surface area (Å²) in [7, 11) is 1.76. The van der Waals surface area contributed by atoms with Gasteiger partial charge >= 0.3 is 0 Å². The number of amides is 1. The number of rotatable bonds is 5. The van der Waals surface area contributed by atoms with E-state index in [1.807, 2.05) is 31.2 Å². The number of ether oxygens (including phenoxy) is 1. The molecule has 5 nitrogen and oxygen atoms in total. The fourth-order valence-electron chi connectivity index (χ4n) is 3.94. The van der Waals surface area contributed by atoms with Crippen molar-refractivity contribution in [2.45, 2.75) is 57.3 Å². The summed E-state index contributed by atoms with van der Waals surface area (Å²) in [6, 6.07) is 7.94. The molecule has 5 heteroatoms. The molecule has 3 rings (SSSR count). The monoisotopic (exact) mass is 331 g/mol. The Kier molecular flexibility index (Phi) is 5.11. The van der Waals surface area contributed by atoms with Crippen LogP contribution in [0.15, 0.2) is 24.3 Å². The second-order valence-corrected chi connectivity index (χ2v) is 7.40. The van der Waals surface area contributed by atoms with Gasteiger partial charge in [-0.3, -0.25) is 15.8 Å². The molecule has 1 aromatic rings. The Balaban J connectivity index is 1.74. The largest absolute Gasteiger partial charge is 0.491 e. The minimum Gasteiger partial charge on any atom is -0.491 e. The molecule has 24 heavy (non-hydrogen) atoms. The van der Waals surface area contributed by atoms with Crippen molar-refractivity contribution in [2.24, 2.45) is 11.7 Å². The van der Waals surface area contributed by atoms with Crippen molar-refractivity contribution < 1.29 is 9.53 Å². The lowest BCUT2D eigenvalue weighted by Gasteiger charge is -2.33. The van der Waals surface area contributed by atoms with E-state index in [2.05, 4.69) is 5.32 Å². The lowest BCUT2D eigenvalue weighted by molar-refractivity contribution is -0.133. The Hall–Kier alpha value is -1.59. The van der Waals surface area contributed by atoms with Crippen LogP contribution >= 0.6 is 0 Å². The van der Waals surface area contributed by atoms with Crippen LogP contribution in [0.5, 0.6) is 5.75 Å². The topological polar surface area (TPSA) is 67.6 Å². The highest BCUT2D eigenvalue weighted by molar-refractivity contribution is 5.88. The molecular formula is C19H29N3O2. The van der Waals surface area contributed by atoms with Crippen molar-refractivity contribution in [3.8, 4) is 5.75 Å². The maximum Gasteiger partial charge on any atom is 0.248 e. The van der Waals surface area contributed by atoms with Gasteiger partial charge in [0.1, 0.15) is 24.2 Å². The highest BCUT2D eigenvalue weighted by Gasteiger charge is 2.50. The van der Waals surface area contributed by atoms with Crippen LogP contribution in [0.25, 0.3) is 0 Å². The number of nitrogens with one attached hydrogen (secondary N) is 1. The van der Waals surface area contributed by atoms with Gasteiger partial charge in [0.2, 0.25) is 5.91 Å². The van der Waals surface area contributed by atoms with Gasteiger partial charge in [-0.2, -0.15) is 0 Å². The van der Waals surface area contributed by atoms with Crippen molar-refractivity contribution in [1.29, 1.82) is 0 Å². The van der Waals surface area contributed by atoms with Gasteiger partial charge in [0.05, 0.1) is 0 Å². The Morgan fingerprint density at radius 2 is 1.92 bits per heavy atom. The van der Waals surface area contributed by atoms with Gasteiger partial charge in [0.15, 0.2) is 0 Å². The number of hydrogen-bond donors (Lipinski definition) is 2. The molecule has 2 fully saturated rings. The number of nitrogens with zero attached hydrogens (tertiary/aromatic N) is 1. The zero-order valence-electron chi connectivity index (χ0n) is 14.8. The first kappa shape index (κ1) is 17.2. The van der Waals surface area contributed by atoms with E-state index in [1.54, 1.807) is 11.9 Å². The van der Waals surface area contributed by atoms with Crippen molar-refractivity contribution in [3.63, 3.8) is 0 Å². The van der Waals surface area contributed by atoms with Crippen molar-refractivity contribution in [2.75, 3.05) is 13.7 Å². The van der Waals surface area contributed by atoms with Crippen LogP contribution in [0.4, 0.5) is 0 Å². The van der Waals surface area contributed by atoms with Crippen molar-refractivity contribution >= 4 is 5.91 Å². The molecule has 132 valence electrons. The maximum atomic E-state index is 12.9. The molecule has 1 saturated carbocycles. The molecule has 1 aromatic carbocycles. The quantitative estimate of drug-likeness (QED) is 0.869. The summed E-state index contributed by atoms with van der Waals surface area (Å²) in [4.78, 5) is 14.5. The first-order chi connectivity index (χ1) is 11.5. The van der Waals surface area contributed by atoms with Gasteiger partial charge in [-0.1, -0.05) is 49.8 Å². The predicted octanol–water partition coefficient (Wildman–Crippen LogP) is 2.39. The number of carbonyl (C=O) groups is 1. The van der Waals surface area contributed by atoms with Crippen LogP contribution in [0, 0.1) is 12.8 Å². The molecule has 0 bridgehead atoms. The van der Waals surface area contributed by atoms with Crippen molar-refractivity contribution in [3.05, 3.63) is 29.8 Å². The number of nitrogens with two attached hydrogens (primary N) is 1. The fourth-order valence-corrected chi connectivity index (χ4v) is 3.94. The summed E-state index contributed by atoms with van der Waals surface area (Å²) >= 11 is 0. The molecule has 1 saturated heterocycles. The zero-order valence-corrected chi connectivity index (χ0v) is 14.8. The molecular weight excluding hydrogens is 302 g/mol. The van der Waals surface area contributed by atoms with E-state index >= 15 is 0 Å². The molecule has 1 heterocycles. The average molecular weight is 331 g/mol. The van der Waals surface area contributed by atoms with Gasteiger partial charge in [0.25, 0.3) is 0 Å². The maximum absolute atomic E-state index is 12.9. The van der Waals surface area contributed by atoms with E-state index in [0.29, 0.717) is 12.5 Å². The smallest absolute Gasteiger partial charge is 0.248 e. The van der Waals surface area contributed by atoms with Crippen LogP contribution in [-0.4, -0.2) is 36.3 Å². The molecule has 1 aliphatic heterocycles.